The number of carbonyl (C=O) groups excluding carboxylic acids is 1. The highest BCUT2D eigenvalue weighted by Crippen LogP contribution is 2.17. The average Bonchev–Trinajstić information content (AvgIpc) is 2.36. The zero-order valence-corrected chi connectivity index (χ0v) is 12.4. The zero-order chi connectivity index (χ0) is 16.0. The van der Waals surface area contributed by atoms with E-state index in [-0.39, 0.29) is 12.8 Å². The van der Waals surface area contributed by atoms with Crippen molar-refractivity contribution in [3.63, 3.8) is 0 Å². The van der Waals surface area contributed by atoms with Gasteiger partial charge in [-0.05, 0) is 44.9 Å². The first kappa shape index (κ1) is 16.7. The molecule has 0 saturated heterocycles. The second kappa shape index (κ2) is 6.89. The molecule has 0 aliphatic carbocycles. The van der Waals surface area contributed by atoms with Crippen LogP contribution in [0.25, 0.3) is 0 Å². The van der Waals surface area contributed by atoms with Crippen LogP contribution in [-0.4, -0.2) is 22.6 Å². The molecule has 0 heterocycles. The molecule has 0 aliphatic heterocycles. The molecule has 1 aromatic rings. The summed E-state index contributed by atoms with van der Waals surface area (Å²) < 4.78 is 5.15. The minimum Gasteiger partial charge on any atom is -0.481 e. The zero-order valence-electron chi connectivity index (χ0n) is 12.4. The highest BCUT2D eigenvalue weighted by Gasteiger charge is 2.25. The quantitative estimate of drug-likeness (QED) is 0.841. The van der Waals surface area contributed by atoms with Crippen LogP contribution in [0.15, 0.2) is 24.3 Å². The van der Waals surface area contributed by atoms with Crippen molar-refractivity contribution in [1.82, 2.24) is 0 Å². The van der Waals surface area contributed by atoms with Gasteiger partial charge in [-0.2, -0.15) is 5.26 Å². The maximum Gasteiger partial charge on any atom is 0.307 e. The fourth-order valence-electron chi connectivity index (χ4n) is 1.83. The van der Waals surface area contributed by atoms with Gasteiger partial charge in [-0.3, -0.25) is 9.59 Å². The van der Waals surface area contributed by atoms with Crippen LogP contribution in [0, 0.1) is 17.2 Å². The number of carbonyl (C=O) groups is 2. The minimum absolute atomic E-state index is 0.174. The fraction of sp³-hybridized carbons (Fsp3) is 0.438. The molecular weight excluding hydrogens is 270 g/mol. The number of hydrogen-bond donors (Lipinski definition) is 1. The van der Waals surface area contributed by atoms with Crippen molar-refractivity contribution in [1.29, 1.82) is 5.26 Å². The van der Waals surface area contributed by atoms with Gasteiger partial charge in [0, 0.05) is 0 Å². The van der Waals surface area contributed by atoms with E-state index in [2.05, 4.69) is 0 Å². The molecule has 112 valence electrons. The molecule has 0 fully saturated rings. The van der Waals surface area contributed by atoms with Crippen LogP contribution in [0.2, 0.25) is 0 Å². The lowest BCUT2D eigenvalue weighted by atomic mass is 9.95. The van der Waals surface area contributed by atoms with Crippen LogP contribution in [0.1, 0.15) is 38.3 Å². The van der Waals surface area contributed by atoms with Crippen LogP contribution in [-0.2, 0) is 20.7 Å². The van der Waals surface area contributed by atoms with E-state index in [4.69, 9.17) is 10.00 Å². The van der Waals surface area contributed by atoms with Gasteiger partial charge in [0.1, 0.15) is 5.60 Å². The third-order valence-electron chi connectivity index (χ3n) is 2.75. The summed E-state index contributed by atoms with van der Waals surface area (Å²) in [6.45, 7) is 5.21. The Morgan fingerprint density at radius 3 is 2.29 bits per heavy atom. The molecule has 0 aliphatic rings. The molecular formula is C16H19NO4. The van der Waals surface area contributed by atoms with Crippen molar-refractivity contribution in [2.75, 3.05) is 0 Å². The predicted octanol–water partition coefficient (Wildman–Crippen LogP) is 2.53. The van der Waals surface area contributed by atoms with Crippen LogP contribution < -0.4 is 0 Å². The molecule has 0 saturated carbocycles. The first-order chi connectivity index (χ1) is 9.71. The lowest BCUT2D eigenvalue weighted by molar-refractivity contribution is -0.159. The van der Waals surface area contributed by atoms with Crippen molar-refractivity contribution < 1.29 is 19.4 Å². The molecule has 0 unspecified atom stereocenters. The average molecular weight is 289 g/mol. The summed E-state index contributed by atoms with van der Waals surface area (Å²) in [6.07, 6.45) is 0.0485. The van der Waals surface area contributed by atoms with Crippen LogP contribution >= 0.6 is 0 Å². The number of nitriles is 1. The summed E-state index contributed by atoms with van der Waals surface area (Å²) in [5, 5.41) is 17.9. The number of carboxylic acid groups (broad SMARTS) is 1. The molecule has 5 heteroatoms. The number of carboxylic acids is 1. The van der Waals surface area contributed by atoms with Crippen LogP contribution in [0.4, 0.5) is 0 Å². The maximum atomic E-state index is 11.7. The molecule has 1 aromatic carbocycles. The Bertz CT molecular complexity index is 549. The largest absolute Gasteiger partial charge is 0.481 e. The van der Waals surface area contributed by atoms with E-state index < -0.39 is 23.5 Å². The van der Waals surface area contributed by atoms with Crippen molar-refractivity contribution in [2.24, 2.45) is 5.92 Å². The van der Waals surface area contributed by atoms with E-state index in [9.17, 15) is 14.7 Å². The third kappa shape index (κ3) is 6.09. The topological polar surface area (TPSA) is 87.4 Å². The van der Waals surface area contributed by atoms with Crippen LogP contribution in [0.5, 0.6) is 0 Å². The summed E-state index contributed by atoms with van der Waals surface area (Å²) in [4.78, 5) is 23.0. The first-order valence-electron chi connectivity index (χ1n) is 6.65. The Labute approximate surface area is 124 Å². The number of rotatable bonds is 5. The second-order valence-electron chi connectivity index (χ2n) is 5.84. The maximum absolute atomic E-state index is 11.7. The summed E-state index contributed by atoms with van der Waals surface area (Å²) in [5.41, 5.74) is 0.650. The number of esters is 1. The van der Waals surface area contributed by atoms with E-state index in [0.717, 1.165) is 5.56 Å². The van der Waals surface area contributed by atoms with Gasteiger partial charge in [0.15, 0.2) is 0 Å². The van der Waals surface area contributed by atoms with Gasteiger partial charge in [0.2, 0.25) is 0 Å². The van der Waals surface area contributed by atoms with Crippen molar-refractivity contribution in [2.45, 2.75) is 39.2 Å². The molecule has 1 atom stereocenters. The predicted molar refractivity (Wildman–Crippen MR) is 76.4 cm³/mol. The van der Waals surface area contributed by atoms with Gasteiger partial charge in [0.05, 0.1) is 24.0 Å². The van der Waals surface area contributed by atoms with Crippen molar-refractivity contribution in [3.8, 4) is 6.07 Å². The van der Waals surface area contributed by atoms with E-state index >= 15 is 0 Å². The standard InChI is InChI=1S/C16H19NO4/c1-16(2,3)21-14(18)9-13(15(19)20)8-11-4-6-12(10-17)7-5-11/h4-7,13H,8-9H2,1-3H3,(H,19,20)/t13-/m1/s1. The lowest BCUT2D eigenvalue weighted by Gasteiger charge is -2.21. The molecule has 0 spiro atoms. The van der Waals surface area contributed by atoms with E-state index in [1.807, 2.05) is 6.07 Å². The summed E-state index contributed by atoms with van der Waals surface area (Å²) in [7, 11) is 0. The molecule has 21 heavy (non-hydrogen) atoms. The van der Waals surface area contributed by atoms with Gasteiger partial charge in [-0.15, -0.1) is 0 Å². The first-order valence-corrected chi connectivity index (χ1v) is 6.65. The molecule has 5 nitrogen and oxygen atoms in total. The molecule has 0 aromatic heterocycles. The lowest BCUT2D eigenvalue weighted by Crippen LogP contribution is -2.28. The number of aliphatic carboxylic acids is 1. The molecule has 1 rings (SSSR count). The van der Waals surface area contributed by atoms with E-state index in [1.165, 1.54) is 0 Å². The summed E-state index contributed by atoms with van der Waals surface area (Å²) >= 11 is 0. The van der Waals surface area contributed by atoms with Gasteiger partial charge in [0.25, 0.3) is 0 Å². The number of benzene rings is 1. The number of nitrogens with zero attached hydrogens (tertiary/aromatic N) is 1. The molecule has 0 bridgehead atoms. The Balaban J connectivity index is 2.72. The Morgan fingerprint density at radius 1 is 1.29 bits per heavy atom. The van der Waals surface area contributed by atoms with Gasteiger partial charge in [-0.25, -0.2) is 0 Å². The van der Waals surface area contributed by atoms with Gasteiger partial charge < -0.3 is 9.84 Å². The van der Waals surface area contributed by atoms with Crippen LogP contribution in [0.3, 0.4) is 0 Å². The molecule has 1 N–H and O–H groups in total. The second-order valence-corrected chi connectivity index (χ2v) is 5.84. The van der Waals surface area contributed by atoms with Gasteiger partial charge >= 0.3 is 11.9 Å². The Hall–Kier alpha value is -2.35. The third-order valence-corrected chi connectivity index (χ3v) is 2.75. The normalized spacial score (nSPS) is 12.3. The van der Waals surface area contributed by atoms with Crippen molar-refractivity contribution in [3.05, 3.63) is 35.4 Å². The SMILES string of the molecule is CC(C)(C)OC(=O)C[C@@H](Cc1ccc(C#N)cc1)C(=O)O. The molecule has 0 amide bonds. The van der Waals surface area contributed by atoms with Gasteiger partial charge in [-0.1, -0.05) is 12.1 Å². The highest BCUT2D eigenvalue weighted by molar-refractivity contribution is 5.79. The summed E-state index contributed by atoms with van der Waals surface area (Å²) in [6, 6.07) is 8.65. The van der Waals surface area contributed by atoms with Crippen molar-refractivity contribution >= 4 is 11.9 Å². The highest BCUT2D eigenvalue weighted by atomic mass is 16.6. The minimum atomic E-state index is -1.04. The van der Waals surface area contributed by atoms with E-state index in [0.29, 0.717) is 5.56 Å². The van der Waals surface area contributed by atoms with E-state index in [1.54, 1.807) is 45.0 Å². The Kier molecular flexibility index (Phi) is 5.48. The molecule has 0 radical (unpaired) electrons. The summed E-state index contributed by atoms with van der Waals surface area (Å²) in [5.74, 6) is -2.40. The monoisotopic (exact) mass is 289 g/mol. The Morgan fingerprint density at radius 2 is 1.86 bits per heavy atom. The number of hydrogen-bond acceptors (Lipinski definition) is 4. The number of ether oxygens (including phenoxy) is 1. The fourth-order valence-corrected chi connectivity index (χ4v) is 1.83. The smallest absolute Gasteiger partial charge is 0.307 e.